The van der Waals surface area contributed by atoms with Gasteiger partial charge in [-0.15, -0.1) is 0 Å². The van der Waals surface area contributed by atoms with E-state index in [9.17, 15) is 0 Å². The molecular formula is C26H34N6O. The summed E-state index contributed by atoms with van der Waals surface area (Å²) in [7, 11) is 0. The Hall–Kier alpha value is -2.51. The number of rotatable bonds is 6. The highest BCUT2D eigenvalue weighted by molar-refractivity contribution is 5.92. The van der Waals surface area contributed by atoms with Crippen molar-refractivity contribution in [1.29, 1.82) is 0 Å². The van der Waals surface area contributed by atoms with E-state index in [0.717, 1.165) is 52.5 Å². The maximum Gasteiger partial charge on any atom is 0.120 e. The fraction of sp³-hybridized carbons (Fsp3) is 0.577. The molecule has 1 aliphatic carbocycles. The van der Waals surface area contributed by atoms with Crippen molar-refractivity contribution >= 4 is 10.9 Å². The van der Waals surface area contributed by atoms with Gasteiger partial charge in [-0.3, -0.25) is 5.10 Å². The molecule has 4 heterocycles. The molecule has 33 heavy (non-hydrogen) atoms. The molecule has 0 spiro atoms. The van der Waals surface area contributed by atoms with Crippen molar-refractivity contribution in [2.24, 2.45) is 5.92 Å². The lowest BCUT2D eigenvalue weighted by atomic mass is 9.91. The van der Waals surface area contributed by atoms with Gasteiger partial charge in [0.2, 0.25) is 0 Å². The van der Waals surface area contributed by atoms with E-state index in [1.165, 1.54) is 58.4 Å². The third-order valence-corrected chi connectivity index (χ3v) is 7.76. The summed E-state index contributed by atoms with van der Waals surface area (Å²) in [5.74, 6) is 2.26. The van der Waals surface area contributed by atoms with Crippen molar-refractivity contribution in [3.05, 3.63) is 36.3 Å². The molecule has 0 atom stereocenters. The number of hydrogen-bond donors (Lipinski definition) is 2. The number of likely N-dealkylation sites (tertiary alicyclic amines) is 1. The standard InChI is InChI=1S/C26H34N6O/c1-26(8-9-26)33-20-2-3-22-21(14-20)25(31-30-22)24-15-23(28-17-29-24)19-6-12-32(13-7-19)16-18-4-10-27-11-5-18/h2-3,14-15,17-19,27H,4-13,16H2,1H3,(H,30,31). The van der Waals surface area contributed by atoms with E-state index in [0.29, 0.717) is 5.92 Å². The molecule has 0 radical (unpaired) electrons. The molecular weight excluding hydrogens is 412 g/mol. The zero-order chi connectivity index (χ0) is 22.3. The second-order valence-corrected chi connectivity index (χ2v) is 10.4. The number of aromatic nitrogens is 4. The highest BCUT2D eigenvalue weighted by atomic mass is 16.5. The zero-order valence-electron chi connectivity index (χ0n) is 19.5. The molecule has 1 aromatic carbocycles. The largest absolute Gasteiger partial charge is 0.488 e. The summed E-state index contributed by atoms with van der Waals surface area (Å²) in [4.78, 5) is 11.9. The number of benzene rings is 1. The molecule has 6 rings (SSSR count). The number of H-pyrrole nitrogens is 1. The van der Waals surface area contributed by atoms with Gasteiger partial charge in [-0.05, 0) is 102 Å². The zero-order valence-corrected chi connectivity index (χ0v) is 19.5. The Morgan fingerprint density at radius 2 is 1.88 bits per heavy atom. The van der Waals surface area contributed by atoms with Crippen molar-refractivity contribution in [2.75, 3.05) is 32.7 Å². The van der Waals surface area contributed by atoms with E-state index in [1.54, 1.807) is 6.33 Å². The van der Waals surface area contributed by atoms with Crippen molar-refractivity contribution in [2.45, 2.75) is 57.0 Å². The number of nitrogens with one attached hydrogen (secondary N) is 2. The first-order valence-electron chi connectivity index (χ1n) is 12.6. The topological polar surface area (TPSA) is 79.0 Å². The summed E-state index contributed by atoms with van der Waals surface area (Å²) in [6.07, 6.45) is 8.92. The van der Waals surface area contributed by atoms with Crippen LogP contribution in [0.4, 0.5) is 0 Å². The average molecular weight is 447 g/mol. The lowest BCUT2D eigenvalue weighted by molar-refractivity contribution is 0.166. The normalized spacial score (nSPS) is 22.0. The van der Waals surface area contributed by atoms with E-state index in [1.807, 2.05) is 12.1 Å². The fourth-order valence-corrected chi connectivity index (χ4v) is 5.38. The molecule has 3 fully saturated rings. The molecule has 2 aliphatic heterocycles. The first-order chi connectivity index (χ1) is 16.2. The second kappa shape index (κ2) is 8.69. The van der Waals surface area contributed by atoms with Crippen LogP contribution in [-0.2, 0) is 0 Å². The van der Waals surface area contributed by atoms with Crippen LogP contribution in [0, 0.1) is 5.92 Å². The number of piperidine rings is 2. The SMILES string of the molecule is CC1(Oc2ccc3[nH]nc(-c4cc(C5CCN(CC6CCNCC6)CC5)ncn4)c3c2)CC1. The van der Waals surface area contributed by atoms with Gasteiger partial charge in [-0.25, -0.2) is 9.97 Å². The van der Waals surface area contributed by atoms with Crippen LogP contribution in [0.2, 0.25) is 0 Å². The fourth-order valence-electron chi connectivity index (χ4n) is 5.38. The van der Waals surface area contributed by atoms with Gasteiger partial charge >= 0.3 is 0 Å². The van der Waals surface area contributed by atoms with Gasteiger partial charge in [0.25, 0.3) is 0 Å². The van der Waals surface area contributed by atoms with Crippen LogP contribution in [0.25, 0.3) is 22.3 Å². The maximum atomic E-state index is 6.18. The van der Waals surface area contributed by atoms with E-state index >= 15 is 0 Å². The van der Waals surface area contributed by atoms with Crippen molar-refractivity contribution in [3.8, 4) is 17.1 Å². The molecule has 174 valence electrons. The molecule has 7 nitrogen and oxygen atoms in total. The van der Waals surface area contributed by atoms with E-state index in [2.05, 4.69) is 49.4 Å². The van der Waals surface area contributed by atoms with Crippen LogP contribution >= 0.6 is 0 Å². The van der Waals surface area contributed by atoms with Gasteiger partial charge in [0.15, 0.2) is 0 Å². The molecule has 0 unspecified atom stereocenters. The first kappa shape index (κ1) is 21.1. The summed E-state index contributed by atoms with van der Waals surface area (Å²) >= 11 is 0. The third kappa shape index (κ3) is 4.62. The van der Waals surface area contributed by atoms with E-state index in [-0.39, 0.29) is 5.60 Å². The predicted octanol–water partition coefficient (Wildman–Crippen LogP) is 4.13. The van der Waals surface area contributed by atoms with Crippen LogP contribution in [0.5, 0.6) is 5.75 Å². The summed E-state index contributed by atoms with van der Waals surface area (Å²) in [5, 5.41) is 12.3. The van der Waals surface area contributed by atoms with E-state index < -0.39 is 0 Å². The molecule has 0 bridgehead atoms. The smallest absolute Gasteiger partial charge is 0.120 e. The Balaban J connectivity index is 1.16. The Labute approximate surface area is 195 Å². The van der Waals surface area contributed by atoms with Crippen molar-refractivity contribution in [3.63, 3.8) is 0 Å². The number of hydrogen-bond acceptors (Lipinski definition) is 6. The molecule has 3 aliphatic rings. The Morgan fingerprint density at radius 3 is 2.67 bits per heavy atom. The van der Waals surface area contributed by atoms with Crippen molar-refractivity contribution in [1.82, 2.24) is 30.4 Å². The summed E-state index contributed by atoms with van der Waals surface area (Å²) in [5.41, 5.74) is 3.92. The molecule has 1 saturated carbocycles. The molecule has 2 aromatic heterocycles. The number of aromatic amines is 1. The highest BCUT2D eigenvalue weighted by Crippen LogP contribution is 2.40. The Bertz CT molecular complexity index is 1110. The minimum Gasteiger partial charge on any atom is -0.488 e. The number of nitrogens with zero attached hydrogens (tertiary/aromatic N) is 4. The van der Waals surface area contributed by atoms with Crippen LogP contribution < -0.4 is 10.1 Å². The minimum atomic E-state index is 0.00238. The van der Waals surface area contributed by atoms with Gasteiger partial charge in [0.05, 0.1) is 11.2 Å². The lowest BCUT2D eigenvalue weighted by Crippen LogP contribution is -2.40. The van der Waals surface area contributed by atoms with Crippen LogP contribution in [-0.4, -0.2) is 63.4 Å². The van der Waals surface area contributed by atoms with Crippen molar-refractivity contribution < 1.29 is 4.74 Å². The monoisotopic (exact) mass is 446 g/mol. The maximum absolute atomic E-state index is 6.18. The lowest BCUT2D eigenvalue weighted by Gasteiger charge is -2.35. The number of fused-ring (bicyclic) bond motifs is 1. The van der Waals surface area contributed by atoms with Crippen LogP contribution in [0.15, 0.2) is 30.6 Å². The predicted molar refractivity (Wildman–Crippen MR) is 129 cm³/mol. The highest BCUT2D eigenvalue weighted by Gasteiger charge is 2.40. The molecule has 2 saturated heterocycles. The summed E-state index contributed by atoms with van der Waals surface area (Å²) in [6, 6.07) is 8.32. The molecule has 2 N–H and O–H groups in total. The van der Waals surface area contributed by atoms with Crippen LogP contribution in [0.1, 0.15) is 57.1 Å². The van der Waals surface area contributed by atoms with Gasteiger partial charge in [-0.2, -0.15) is 5.10 Å². The summed E-state index contributed by atoms with van der Waals surface area (Å²) < 4.78 is 6.18. The summed E-state index contributed by atoms with van der Waals surface area (Å²) in [6.45, 7) is 8.12. The Morgan fingerprint density at radius 1 is 1.06 bits per heavy atom. The minimum absolute atomic E-state index is 0.00238. The third-order valence-electron chi connectivity index (χ3n) is 7.76. The second-order valence-electron chi connectivity index (χ2n) is 10.4. The van der Waals surface area contributed by atoms with Gasteiger partial charge in [-0.1, -0.05) is 0 Å². The first-order valence-corrected chi connectivity index (χ1v) is 12.6. The van der Waals surface area contributed by atoms with Gasteiger partial charge < -0.3 is 15.0 Å². The number of ether oxygens (including phenoxy) is 1. The molecule has 3 aromatic rings. The van der Waals surface area contributed by atoms with E-state index in [4.69, 9.17) is 4.74 Å². The molecule has 0 amide bonds. The molecule has 7 heteroatoms. The quantitative estimate of drug-likeness (QED) is 0.593. The van der Waals surface area contributed by atoms with Gasteiger partial charge in [0, 0.05) is 23.5 Å². The van der Waals surface area contributed by atoms with Crippen LogP contribution in [0.3, 0.4) is 0 Å². The van der Waals surface area contributed by atoms with Gasteiger partial charge in [0.1, 0.15) is 23.4 Å². The average Bonchev–Trinajstić information content (AvgIpc) is 3.42. The Kier molecular flexibility index (Phi) is 5.54.